The molecule has 0 bridgehead atoms. The average Bonchev–Trinajstić information content (AvgIpc) is 2.76. The number of halogens is 5. The van der Waals surface area contributed by atoms with Gasteiger partial charge in [-0.1, -0.05) is 62.6 Å². The van der Waals surface area contributed by atoms with Crippen LogP contribution >= 0.6 is 0 Å². The van der Waals surface area contributed by atoms with Crippen molar-refractivity contribution in [1.82, 2.24) is 0 Å². The number of rotatable bonds is 9. The summed E-state index contributed by atoms with van der Waals surface area (Å²) in [5, 5.41) is 0. The highest BCUT2D eigenvalue weighted by molar-refractivity contribution is 5.72. The van der Waals surface area contributed by atoms with Crippen LogP contribution in [0.3, 0.4) is 0 Å². The molecule has 0 heterocycles. The van der Waals surface area contributed by atoms with Crippen molar-refractivity contribution < 1.29 is 31.4 Å². The summed E-state index contributed by atoms with van der Waals surface area (Å²) in [4.78, 5) is 0. The lowest BCUT2D eigenvalue weighted by Crippen LogP contribution is -2.16. The minimum Gasteiger partial charge on any atom is -0.494 e. The Labute approximate surface area is 183 Å². The molecule has 3 rings (SSSR count). The van der Waals surface area contributed by atoms with Crippen LogP contribution in [0.2, 0.25) is 0 Å². The molecule has 0 N–H and O–H groups in total. The quantitative estimate of drug-likeness (QED) is 0.242. The van der Waals surface area contributed by atoms with Gasteiger partial charge in [0.05, 0.1) is 6.61 Å². The summed E-state index contributed by atoms with van der Waals surface area (Å²) in [6, 6.07) is 14.1. The molecule has 2 nitrogen and oxygen atoms in total. The second-order valence-corrected chi connectivity index (χ2v) is 7.29. The van der Waals surface area contributed by atoms with E-state index < -0.39 is 23.7 Å². The SMILES string of the molecule is CCCCCCOc1ccc(-c2ccc(-c3ccc(OC(F)(F)F)cc3)c(F)c2F)cc1. The van der Waals surface area contributed by atoms with Gasteiger partial charge in [-0.2, -0.15) is 0 Å². The first kappa shape index (κ1) is 23.6. The highest BCUT2D eigenvalue weighted by Crippen LogP contribution is 2.33. The van der Waals surface area contributed by atoms with Crippen LogP contribution in [0.25, 0.3) is 22.3 Å². The Hall–Kier alpha value is -3.09. The van der Waals surface area contributed by atoms with Crippen molar-refractivity contribution in [2.45, 2.75) is 39.0 Å². The van der Waals surface area contributed by atoms with Crippen molar-refractivity contribution in [2.24, 2.45) is 0 Å². The van der Waals surface area contributed by atoms with E-state index in [0.717, 1.165) is 37.8 Å². The summed E-state index contributed by atoms with van der Waals surface area (Å²) in [7, 11) is 0. The molecule has 0 aliphatic rings. The third-order valence-electron chi connectivity index (χ3n) is 4.91. The summed E-state index contributed by atoms with van der Waals surface area (Å²) in [6.45, 7) is 2.74. The van der Waals surface area contributed by atoms with Crippen LogP contribution in [0, 0.1) is 11.6 Å². The Morgan fingerprint density at radius 2 is 1.16 bits per heavy atom. The van der Waals surface area contributed by atoms with Gasteiger partial charge in [-0.05, 0) is 41.8 Å². The van der Waals surface area contributed by atoms with Gasteiger partial charge in [-0.15, -0.1) is 13.2 Å². The van der Waals surface area contributed by atoms with Crippen molar-refractivity contribution in [2.75, 3.05) is 6.61 Å². The Balaban J connectivity index is 1.73. The van der Waals surface area contributed by atoms with E-state index in [4.69, 9.17) is 4.74 Å². The topological polar surface area (TPSA) is 18.5 Å². The van der Waals surface area contributed by atoms with E-state index in [1.54, 1.807) is 24.3 Å². The zero-order valence-electron chi connectivity index (χ0n) is 17.5. The molecule has 7 heteroatoms. The molecule has 0 aromatic heterocycles. The number of hydrogen-bond acceptors (Lipinski definition) is 2. The molecular weight excluding hydrogens is 427 g/mol. The van der Waals surface area contributed by atoms with Crippen LogP contribution in [0.5, 0.6) is 11.5 Å². The highest BCUT2D eigenvalue weighted by atomic mass is 19.4. The lowest BCUT2D eigenvalue weighted by atomic mass is 9.98. The fourth-order valence-electron chi connectivity index (χ4n) is 3.28. The fourth-order valence-corrected chi connectivity index (χ4v) is 3.28. The molecule has 3 aromatic rings. The van der Waals surface area contributed by atoms with E-state index in [1.165, 1.54) is 24.3 Å². The molecule has 170 valence electrons. The van der Waals surface area contributed by atoms with Crippen LogP contribution in [0.15, 0.2) is 60.7 Å². The molecule has 0 saturated heterocycles. The molecule has 32 heavy (non-hydrogen) atoms. The molecule has 0 spiro atoms. The zero-order valence-corrected chi connectivity index (χ0v) is 17.5. The van der Waals surface area contributed by atoms with Gasteiger partial charge < -0.3 is 9.47 Å². The van der Waals surface area contributed by atoms with Gasteiger partial charge in [0, 0.05) is 11.1 Å². The molecule has 0 radical (unpaired) electrons. The van der Waals surface area contributed by atoms with Crippen LogP contribution in [-0.2, 0) is 0 Å². The number of unbranched alkanes of at least 4 members (excludes halogenated alkanes) is 3. The maximum absolute atomic E-state index is 14.8. The molecule has 0 amide bonds. The average molecular weight is 450 g/mol. The predicted molar refractivity (Wildman–Crippen MR) is 114 cm³/mol. The van der Waals surface area contributed by atoms with Crippen LogP contribution in [0.4, 0.5) is 22.0 Å². The van der Waals surface area contributed by atoms with E-state index in [9.17, 15) is 22.0 Å². The predicted octanol–water partition coefficient (Wildman–Crippen LogP) is 8.16. The standard InChI is InChI=1S/C25H23F5O2/c1-2-3-4-5-16-31-19-10-6-17(7-11-19)21-14-15-22(24(27)23(21)26)18-8-12-20(13-9-18)32-25(28,29)30/h6-15H,2-5,16H2,1H3. The van der Waals surface area contributed by atoms with Crippen molar-refractivity contribution in [3.63, 3.8) is 0 Å². The molecule has 0 atom stereocenters. The van der Waals surface area contributed by atoms with Gasteiger partial charge in [0.1, 0.15) is 11.5 Å². The molecule has 0 fully saturated rings. The summed E-state index contributed by atoms with van der Waals surface area (Å²) in [6.07, 6.45) is -0.456. The van der Waals surface area contributed by atoms with Gasteiger partial charge in [0.25, 0.3) is 0 Å². The van der Waals surface area contributed by atoms with E-state index >= 15 is 0 Å². The molecule has 0 unspecified atom stereocenters. The minimum atomic E-state index is -4.82. The number of ether oxygens (including phenoxy) is 2. The zero-order chi connectivity index (χ0) is 23.1. The van der Waals surface area contributed by atoms with Crippen LogP contribution < -0.4 is 9.47 Å². The van der Waals surface area contributed by atoms with Crippen molar-refractivity contribution in [3.05, 3.63) is 72.3 Å². The molecular formula is C25H23F5O2. The first-order valence-electron chi connectivity index (χ1n) is 10.4. The van der Waals surface area contributed by atoms with Crippen LogP contribution in [-0.4, -0.2) is 13.0 Å². The van der Waals surface area contributed by atoms with E-state index in [-0.39, 0.29) is 16.7 Å². The van der Waals surface area contributed by atoms with Crippen molar-refractivity contribution >= 4 is 0 Å². The van der Waals surface area contributed by atoms with E-state index in [1.807, 2.05) is 0 Å². The number of benzene rings is 3. The normalized spacial score (nSPS) is 11.4. The fraction of sp³-hybridized carbons (Fsp3) is 0.280. The smallest absolute Gasteiger partial charge is 0.494 e. The van der Waals surface area contributed by atoms with Crippen molar-refractivity contribution in [1.29, 1.82) is 0 Å². The van der Waals surface area contributed by atoms with Crippen LogP contribution in [0.1, 0.15) is 32.6 Å². The summed E-state index contributed by atoms with van der Waals surface area (Å²) in [5.41, 5.74) is 0.740. The Bertz CT molecular complexity index is 1010. The molecule has 3 aromatic carbocycles. The third kappa shape index (κ3) is 6.22. The molecule has 0 aliphatic carbocycles. The van der Waals surface area contributed by atoms with Gasteiger partial charge in [-0.3, -0.25) is 0 Å². The maximum Gasteiger partial charge on any atom is 0.573 e. The lowest BCUT2D eigenvalue weighted by molar-refractivity contribution is -0.274. The Kier molecular flexibility index (Phi) is 7.72. The van der Waals surface area contributed by atoms with Crippen molar-refractivity contribution in [3.8, 4) is 33.8 Å². The van der Waals surface area contributed by atoms with Gasteiger partial charge >= 0.3 is 6.36 Å². The third-order valence-corrected chi connectivity index (χ3v) is 4.91. The monoisotopic (exact) mass is 450 g/mol. The highest BCUT2D eigenvalue weighted by Gasteiger charge is 2.31. The first-order valence-corrected chi connectivity index (χ1v) is 10.4. The Morgan fingerprint density at radius 1 is 0.656 bits per heavy atom. The second-order valence-electron chi connectivity index (χ2n) is 7.29. The van der Waals surface area contributed by atoms with Gasteiger partial charge in [-0.25, -0.2) is 8.78 Å². The lowest BCUT2D eigenvalue weighted by Gasteiger charge is -2.12. The number of alkyl halides is 3. The first-order chi connectivity index (χ1) is 15.3. The summed E-state index contributed by atoms with van der Waals surface area (Å²) < 4.78 is 75.8. The van der Waals surface area contributed by atoms with Gasteiger partial charge in [0.15, 0.2) is 11.6 Å². The minimum absolute atomic E-state index is 0.0585. The maximum atomic E-state index is 14.8. The molecule has 0 aliphatic heterocycles. The summed E-state index contributed by atoms with van der Waals surface area (Å²) in [5.74, 6) is -1.90. The van der Waals surface area contributed by atoms with Gasteiger partial charge in [0.2, 0.25) is 0 Å². The van der Waals surface area contributed by atoms with E-state index in [0.29, 0.717) is 17.9 Å². The second kappa shape index (κ2) is 10.5. The number of hydrogen-bond donors (Lipinski definition) is 0. The molecule has 0 saturated carbocycles. The van der Waals surface area contributed by atoms with E-state index in [2.05, 4.69) is 11.7 Å². The summed E-state index contributed by atoms with van der Waals surface area (Å²) >= 11 is 0. The Morgan fingerprint density at radius 3 is 1.62 bits per heavy atom. The largest absolute Gasteiger partial charge is 0.573 e.